The molecule has 0 aliphatic heterocycles. The quantitative estimate of drug-likeness (QED) is 0.373. The molecule has 1 heterocycles. The molecule has 4 rings (SSSR count). The Hall–Kier alpha value is -3.15. The molecule has 1 aromatic heterocycles. The first kappa shape index (κ1) is 24.0. The highest BCUT2D eigenvalue weighted by Crippen LogP contribution is 2.38. The lowest BCUT2D eigenvalue weighted by atomic mass is 9.96. The van der Waals surface area contributed by atoms with Crippen molar-refractivity contribution in [1.82, 2.24) is 0 Å². The van der Waals surface area contributed by atoms with Gasteiger partial charge in [0.1, 0.15) is 16.9 Å². The maximum atomic E-state index is 13.1. The van der Waals surface area contributed by atoms with Crippen molar-refractivity contribution in [3.8, 4) is 6.07 Å². The summed E-state index contributed by atoms with van der Waals surface area (Å²) in [5, 5.41) is 15.8. The number of benzene rings is 2. The first-order chi connectivity index (χ1) is 16.5. The number of hydrogen-bond donors (Lipinski definition) is 2. The summed E-state index contributed by atoms with van der Waals surface area (Å²) in [5.74, 6) is -0.871. The standard InChI is InChI=1S/C26H24FN3O2S2/c1-2-22(25(32)30-26-21(15-28)20-8-3-4-9-23(20)34-26)33-19-7-5-6-18(14-19)29-24(31)16-10-12-17(27)13-11-16/h5-7,10-14,22H,2-4,8-9H2,1H3,(H,29,31)(H,30,32). The summed E-state index contributed by atoms with van der Waals surface area (Å²) in [6.45, 7) is 1.95. The first-order valence-electron chi connectivity index (χ1n) is 11.2. The Bertz CT molecular complexity index is 1250. The maximum Gasteiger partial charge on any atom is 0.255 e. The van der Waals surface area contributed by atoms with Crippen LogP contribution >= 0.6 is 23.1 Å². The van der Waals surface area contributed by atoms with E-state index in [1.165, 1.54) is 52.2 Å². The molecule has 1 atom stereocenters. The molecule has 2 aromatic carbocycles. The van der Waals surface area contributed by atoms with E-state index in [0.717, 1.165) is 36.1 Å². The lowest BCUT2D eigenvalue weighted by molar-refractivity contribution is -0.115. The Labute approximate surface area is 206 Å². The van der Waals surface area contributed by atoms with Crippen LogP contribution in [0, 0.1) is 17.1 Å². The predicted octanol–water partition coefficient (Wildman–Crippen LogP) is 6.40. The Balaban J connectivity index is 1.44. The summed E-state index contributed by atoms with van der Waals surface area (Å²) in [4.78, 5) is 27.6. The van der Waals surface area contributed by atoms with E-state index in [0.29, 0.717) is 28.2 Å². The van der Waals surface area contributed by atoms with Crippen LogP contribution in [0.5, 0.6) is 0 Å². The van der Waals surface area contributed by atoms with E-state index in [9.17, 15) is 19.2 Å². The number of nitriles is 1. The third-order valence-electron chi connectivity index (χ3n) is 5.66. The molecule has 1 aliphatic rings. The van der Waals surface area contributed by atoms with Gasteiger partial charge in [0.05, 0.1) is 10.8 Å². The van der Waals surface area contributed by atoms with Crippen molar-refractivity contribution in [3.63, 3.8) is 0 Å². The summed E-state index contributed by atoms with van der Waals surface area (Å²) in [7, 11) is 0. The maximum absolute atomic E-state index is 13.1. The zero-order chi connectivity index (χ0) is 24.1. The molecule has 0 saturated heterocycles. The number of fused-ring (bicyclic) bond motifs is 1. The Morgan fingerprint density at radius 1 is 1.15 bits per heavy atom. The van der Waals surface area contributed by atoms with Gasteiger partial charge < -0.3 is 10.6 Å². The lowest BCUT2D eigenvalue weighted by Gasteiger charge is -2.15. The topological polar surface area (TPSA) is 82.0 Å². The van der Waals surface area contributed by atoms with Gasteiger partial charge in [0.25, 0.3) is 5.91 Å². The SMILES string of the molecule is CCC(Sc1cccc(NC(=O)c2ccc(F)cc2)c1)C(=O)Nc1sc2c(c1C#N)CCCC2. The number of aryl methyl sites for hydroxylation is 1. The van der Waals surface area contributed by atoms with Crippen LogP contribution in [0.15, 0.2) is 53.4 Å². The second-order valence-corrected chi connectivity index (χ2v) is 10.4. The zero-order valence-corrected chi connectivity index (χ0v) is 20.3. The van der Waals surface area contributed by atoms with Crippen molar-refractivity contribution >= 4 is 45.6 Å². The number of amides is 2. The minimum absolute atomic E-state index is 0.136. The van der Waals surface area contributed by atoms with Crippen LogP contribution in [0.1, 0.15) is 52.5 Å². The number of anilines is 2. The van der Waals surface area contributed by atoms with Gasteiger partial charge >= 0.3 is 0 Å². The smallest absolute Gasteiger partial charge is 0.255 e. The summed E-state index contributed by atoms with van der Waals surface area (Å²) in [5.41, 5.74) is 2.65. The van der Waals surface area contributed by atoms with E-state index in [2.05, 4.69) is 16.7 Å². The number of thiophene rings is 1. The molecule has 5 nitrogen and oxygen atoms in total. The molecule has 0 fully saturated rings. The average molecular weight is 494 g/mol. The minimum Gasteiger partial charge on any atom is -0.322 e. The number of nitrogens with one attached hydrogen (secondary N) is 2. The molecule has 1 unspecified atom stereocenters. The van der Waals surface area contributed by atoms with Crippen LogP contribution in [0.25, 0.3) is 0 Å². The molecular weight excluding hydrogens is 469 g/mol. The Morgan fingerprint density at radius 3 is 2.65 bits per heavy atom. The van der Waals surface area contributed by atoms with E-state index >= 15 is 0 Å². The fourth-order valence-electron chi connectivity index (χ4n) is 3.90. The molecule has 34 heavy (non-hydrogen) atoms. The van der Waals surface area contributed by atoms with Crippen LogP contribution in [0.4, 0.5) is 15.1 Å². The van der Waals surface area contributed by atoms with Crippen LogP contribution < -0.4 is 10.6 Å². The van der Waals surface area contributed by atoms with Gasteiger partial charge in [-0.15, -0.1) is 23.1 Å². The van der Waals surface area contributed by atoms with E-state index in [1.807, 2.05) is 25.1 Å². The Morgan fingerprint density at radius 2 is 1.91 bits per heavy atom. The molecule has 0 saturated carbocycles. The second kappa shape index (κ2) is 10.9. The molecule has 8 heteroatoms. The highest BCUT2D eigenvalue weighted by molar-refractivity contribution is 8.00. The van der Waals surface area contributed by atoms with Crippen molar-refractivity contribution in [3.05, 3.63) is 75.9 Å². The number of rotatable bonds is 7. The van der Waals surface area contributed by atoms with E-state index in [-0.39, 0.29) is 17.1 Å². The van der Waals surface area contributed by atoms with Gasteiger partial charge in [-0.3, -0.25) is 9.59 Å². The summed E-state index contributed by atoms with van der Waals surface area (Å²) >= 11 is 2.93. The minimum atomic E-state index is -0.400. The van der Waals surface area contributed by atoms with Crippen molar-refractivity contribution in [2.75, 3.05) is 10.6 Å². The van der Waals surface area contributed by atoms with Crippen LogP contribution in [0.3, 0.4) is 0 Å². The van der Waals surface area contributed by atoms with Crippen molar-refractivity contribution in [2.24, 2.45) is 0 Å². The fraction of sp³-hybridized carbons (Fsp3) is 0.269. The monoisotopic (exact) mass is 493 g/mol. The van der Waals surface area contributed by atoms with Crippen LogP contribution in [-0.4, -0.2) is 17.1 Å². The molecular formula is C26H24FN3O2S2. The number of thioether (sulfide) groups is 1. The number of carbonyl (C=O) groups is 2. The molecule has 0 spiro atoms. The molecule has 174 valence electrons. The first-order valence-corrected chi connectivity index (χ1v) is 12.9. The highest BCUT2D eigenvalue weighted by Gasteiger charge is 2.25. The van der Waals surface area contributed by atoms with Crippen molar-refractivity contribution in [2.45, 2.75) is 49.2 Å². The number of halogens is 1. The second-order valence-electron chi connectivity index (χ2n) is 8.02. The lowest BCUT2D eigenvalue weighted by Crippen LogP contribution is -2.24. The third kappa shape index (κ3) is 5.49. The Kier molecular flexibility index (Phi) is 7.66. The highest BCUT2D eigenvalue weighted by atomic mass is 32.2. The molecule has 1 aliphatic carbocycles. The van der Waals surface area contributed by atoms with E-state index in [1.54, 1.807) is 6.07 Å². The zero-order valence-electron chi connectivity index (χ0n) is 18.7. The normalized spacial score (nSPS) is 13.4. The van der Waals surface area contributed by atoms with Gasteiger partial charge in [-0.25, -0.2) is 4.39 Å². The molecule has 0 radical (unpaired) electrons. The van der Waals surface area contributed by atoms with E-state index in [4.69, 9.17) is 0 Å². The van der Waals surface area contributed by atoms with E-state index < -0.39 is 5.82 Å². The summed E-state index contributed by atoms with van der Waals surface area (Å²) in [6, 6.07) is 14.9. The average Bonchev–Trinajstić information content (AvgIpc) is 3.19. The summed E-state index contributed by atoms with van der Waals surface area (Å²) in [6.07, 6.45) is 4.66. The third-order valence-corrected chi connectivity index (χ3v) is 8.22. The summed E-state index contributed by atoms with van der Waals surface area (Å²) < 4.78 is 13.1. The molecule has 2 amide bonds. The van der Waals surface area contributed by atoms with Crippen molar-refractivity contribution < 1.29 is 14.0 Å². The molecule has 3 aromatic rings. The van der Waals surface area contributed by atoms with Crippen LogP contribution in [0.2, 0.25) is 0 Å². The number of hydrogen-bond acceptors (Lipinski definition) is 5. The van der Waals surface area contributed by atoms with Gasteiger partial charge in [0, 0.05) is 21.0 Å². The van der Waals surface area contributed by atoms with Gasteiger partial charge in [-0.1, -0.05) is 13.0 Å². The van der Waals surface area contributed by atoms with Crippen molar-refractivity contribution in [1.29, 1.82) is 5.26 Å². The molecule has 0 bridgehead atoms. The van der Waals surface area contributed by atoms with Gasteiger partial charge in [0.15, 0.2) is 0 Å². The van der Waals surface area contributed by atoms with Gasteiger partial charge in [-0.05, 0) is 80.1 Å². The number of nitrogens with zero attached hydrogens (tertiary/aromatic N) is 1. The predicted molar refractivity (Wildman–Crippen MR) is 135 cm³/mol. The largest absolute Gasteiger partial charge is 0.322 e. The van der Waals surface area contributed by atoms with Crippen LogP contribution in [-0.2, 0) is 17.6 Å². The molecule has 2 N–H and O–H groups in total. The number of carbonyl (C=O) groups excluding carboxylic acids is 2. The van der Waals surface area contributed by atoms with Gasteiger partial charge in [-0.2, -0.15) is 5.26 Å². The fourth-order valence-corrected chi connectivity index (χ4v) is 6.16. The van der Waals surface area contributed by atoms with Gasteiger partial charge in [0.2, 0.25) is 5.91 Å².